The Morgan fingerprint density at radius 3 is 2.21 bits per heavy atom. The van der Waals surface area contributed by atoms with Crippen LogP contribution in [0.5, 0.6) is 5.75 Å². The van der Waals surface area contributed by atoms with E-state index < -0.39 is 12.5 Å². The second-order valence-electron chi connectivity index (χ2n) is 6.46. The molecule has 0 aromatic heterocycles. The molecule has 1 atom stereocenters. The van der Waals surface area contributed by atoms with Crippen LogP contribution in [0.2, 0.25) is 0 Å². The van der Waals surface area contributed by atoms with Gasteiger partial charge in [-0.3, -0.25) is 4.90 Å². The summed E-state index contributed by atoms with van der Waals surface area (Å²) in [7, 11) is 0. The van der Waals surface area contributed by atoms with Gasteiger partial charge in [0.05, 0.1) is 0 Å². The maximum absolute atomic E-state index is 13.0. The Balaban J connectivity index is 2.12. The van der Waals surface area contributed by atoms with E-state index in [2.05, 4.69) is 28.8 Å². The number of ether oxygens (including phenoxy) is 1. The highest BCUT2D eigenvalue weighted by Gasteiger charge is 2.44. The number of nitrogens with zero attached hydrogens (tertiary/aromatic N) is 1. The second kappa shape index (κ2) is 8.16. The van der Waals surface area contributed by atoms with Gasteiger partial charge in [-0.25, -0.2) is 0 Å². The Bertz CT molecular complexity index is 502. The molecule has 1 aliphatic heterocycles. The van der Waals surface area contributed by atoms with Gasteiger partial charge in [0.2, 0.25) is 0 Å². The zero-order chi connectivity index (χ0) is 17.7. The van der Waals surface area contributed by atoms with Gasteiger partial charge >= 0.3 is 12.5 Å². The molecule has 1 N–H and O–H groups in total. The predicted octanol–water partition coefficient (Wildman–Crippen LogP) is 3.92. The number of nitrogens with one attached hydrogen (secondary N) is 1. The zero-order valence-corrected chi connectivity index (χ0v) is 13.9. The molecule has 3 nitrogen and oxygen atoms in total. The lowest BCUT2D eigenvalue weighted by molar-refractivity contribution is -0.253. The molecule has 1 heterocycles. The summed E-state index contributed by atoms with van der Waals surface area (Å²) in [5.41, 5.74) is 0.985. The number of benzene rings is 1. The van der Waals surface area contributed by atoms with Crippen LogP contribution < -0.4 is 10.1 Å². The van der Waals surface area contributed by atoms with E-state index >= 15 is 0 Å². The van der Waals surface area contributed by atoms with Crippen LogP contribution >= 0.6 is 0 Å². The summed E-state index contributed by atoms with van der Waals surface area (Å²) in [6.07, 6.45) is -7.39. The zero-order valence-electron chi connectivity index (χ0n) is 13.9. The first kappa shape index (κ1) is 19.0. The standard InChI is InChI=1S/C17H24F4N2O/c1-12(2)11-15(23-9-7-22-8-10-23)13-3-5-14(6-4-13)24-17(20,21)16(18)19/h3-6,12,15-16,22H,7-11H2,1-2H3/t15-/m1/s1. The van der Waals surface area contributed by atoms with Gasteiger partial charge in [0.25, 0.3) is 0 Å². The van der Waals surface area contributed by atoms with E-state index in [-0.39, 0.29) is 11.8 Å². The van der Waals surface area contributed by atoms with Gasteiger partial charge in [-0.15, -0.1) is 0 Å². The molecule has 136 valence electrons. The van der Waals surface area contributed by atoms with E-state index in [9.17, 15) is 17.6 Å². The van der Waals surface area contributed by atoms with Crippen molar-refractivity contribution in [1.29, 1.82) is 0 Å². The minimum Gasteiger partial charge on any atom is -0.428 e. The number of halogens is 4. The maximum atomic E-state index is 13.0. The Hall–Kier alpha value is -1.34. The molecule has 0 aliphatic carbocycles. The molecule has 0 amide bonds. The predicted molar refractivity (Wildman–Crippen MR) is 84.7 cm³/mol. The smallest absolute Gasteiger partial charge is 0.428 e. The van der Waals surface area contributed by atoms with Crippen molar-refractivity contribution in [3.8, 4) is 5.75 Å². The average Bonchev–Trinajstić information content (AvgIpc) is 2.54. The van der Waals surface area contributed by atoms with Crippen molar-refractivity contribution in [2.75, 3.05) is 26.2 Å². The van der Waals surface area contributed by atoms with Crippen LogP contribution in [-0.2, 0) is 0 Å². The van der Waals surface area contributed by atoms with Gasteiger partial charge in [0, 0.05) is 32.2 Å². The quantitative estimate of drug-likeness (QED) is 0.756. The third-order valence-corrected chi connectivity index (χ3v) is 4.06. The van der Waals surface area contributed by atoms with Crippen LogP contribution in [0, 0.1) is 5.92 Å². The monoisotopic (exact) mass is 348 g/mol. The van der Waals surface area contributed by atoms with E-state index in [1.165, 1.54) is 12.1 Å². The lowest BCUT2D eigenvalue weighted by Gasteiger charge is -2.36. The summed E-state index contributed by atoms with van der Waals surface area (Å²) < 4.78 is 54.5. The molecular weight excluding hydrogens is 324 g/mol. The summed E-state index contributed by atoms with van der Waals surface area (Å²) in [5, 5.41) is 3.30. The van der Waals surface area contributed by atoms with Crippen molar-refractivity contribution in [3.05, 3.63) is 29.8 Å². The SMILES string of the molecule is CC(C)C[C@H](c1ccc(OC(F)(F)C(F)F)cc1)N1CCNCC1. The number of rotatable bonds is 7. The number of hydrogen-bond donors (Lipinski definition) is 1. The van der Waals surface area contributed by atoms with Crippen molar-refractivity contribution in [2.45, 2.75) is 38.8 Å². The van der Waals surface area contributed by atoms with Crippen molar-refractivity contribution < 1.29 is 22.3 Å². The lowest BCUT2D eigenvalue weighted by Crippen LogP contribution is -2.45. The van der Waals surface area contributed by atoms with Gasteiger partial charge < -0.3 is 10.1 Å². The highest BCUT2D eigenvalue weighted by atomic mass is 19.3. The minimum atomic E-state index is -4.47. The molecule has 1 fully saturated rings. The average molecular weight is 348 g/mol. The summed E-state index contributed by atoms with van der Waals surface area (Å²) in [6.45, 7) is 7.93. The fraction of sp³-hybridized carbons (Fsp3) is 0.647. The molecule has 0 saturated carbocycles. The van der Waals surface area contributed by atoms with Crippen LogP contribution in [-0.4, -0.2) is 43.6 Å². The first-order valence-electron chi connectivity index (χ1n) is 8.19. The largest absolute Gasteiger partial charge is 0.461 e. The minimum absolute atomic E-state index is 0.178. The fourth-order valence-electron chi connectivity index (χ4n) is 2.90. The van der Waals surface area contributed by atoms with Gasteiger partial charge in [-0.2, -0.15) is 17.6 Å². The van der Waals surface area contributed by atoms with Gasteiger partial charge in [0.15, 0.2) is 0 Å². The molecule has 7 heteroatoms. The molecule has 1 aromatic carbocycles. The Labute approximate surface area is 140 Å². The third kappa shape index (κ3) is 5.08. The molecule has 0 radical (unpaired) electrons. The van der Waals surface area contributed by atoms with Crippen LogP contribution in [0.1, 0.15) is 31.9 Å². The molecule has 2 rings (SSSR count). The molecule has 0 spiro atoms. The summed E-state index contributed by atoms with van der Waals surface area (Å²) in [4.78, 5) is 2.36. The molecule has 1 saturated heterocycles. The molecule has 0 unspecified atom stereocenters. The number of alkyl halides is 4. The second-order valence-corrected chi connectivity index (χ2v) is 6.46. The van der Waals surface area contributed by atoms with E-state index in [0.717, 1.165) is 38.2 Å². The van der Waals surface area contributed by atoms with Crippen molar-refractivity contribution >= 4 is 0 Å². The molecule has 0 bridgehead atoms. The molecule has 1 aromatic rings. The molecule has 24 heavy (non-hydrogen) atoms. The number of piperazine rings is 1. The van der Waals surface area contributed by atoms with Gasteiger partial charge in [-0.1, -0.05) is 26.0 Å². The summed E-state index contributed by atoms with van der Waals surface area (Å²) >= 11 is 0. The van der Waals surface area contributed by atoms with Crippen LogP contribution in [0.3, 0.4) is 0 Å². The lowest BCUT2D eigenvalue weighted by atomic mass is 9.95. The first-order valence-corrected chi connectivity index (χ1v) is 8.19. The third-order valence-electron chi connectivity index (χ3n) is 4.06. The van der Waals surface area contributed by atoms with Gasteiger partial charge in [-0.05, 0) is 30.0 Å². The van der Waals surface area contributed by atoms with E-state index in [1.807, 2.05) is 0 Å². The fourth-order valence-corrected chi connectivity index (χ4v) is 2.90. The van der Waals surface area contributed by atoms with Gasteiger partial charge in [0.1, 0.15) is 5.75 Å². The van der Waals surface area contributed by atoms with Crippen molar-refractivity contribution in [2.24, 2.45) is 5.92 Å². The van der Waals surface area contributed by atoms with Crippen LogP contribution in [0.4, 0.5) is 17.6 Å². The van der Waals surface area contributed by atoms with Crippen LogP contribution in [0.15, 0.2) is 24.3 Å². The van der Waals surface area contributed by atoms with Crippen LogP contribution in [0.25, 0.3) is 0 Å². The topological polar surface area (TPSA) is 24.5 Å². The Kier molecular flexibility index (Phi) is 6.46. The molecule has 1 aliphatic rings. The van der Waals surface area contributed by atoms with E-state index in [1.54, 1.807) is 12.1 Å². The van der Waals surface area contributed by atoms with Crippen molar-refractivity contribution in [3.63, 3.8) is 0 Å². The summed E-state index contributed by atoms with van der Waals surface area (Å²) in [6, 6.07) is 6.22. The Morgan fingerprint density at radius 1 is 1.12 bits per heavy atom. The first-order chi connectivity index (χ1) is 11.3. The highest BCUT2D eigenvalue weighted by Crippen LogP contribution is 2.31. The Morgan fingerprint density at radius 2 is 1.71 bits per heavy atom. The van der Waals surface area contributed by atoms with Crippen molar-refractivity contribution in [1.82, 2.24) is 10.2 Å². The summed E-state index contributed by atoms with van der Waals surface area (Å²) in [5.74, 6) is 0.219. The highest BCUT2D eigenvalue weighted by molar-refractivity contribution is 5.29. The van der Waals surface area contributed by atoms with E-state index in [0.29, 0.717) is 5.92 Å². The normalized spacial score (nSPS) is 18.2. The molecular formula is C17H24F4N2O. The number of hydrogen-bond acceptors (Lipinski definition) is 3. The van der Waals surface area contributed by atoms with E-state index in [4.69, 9.17) is 0 Å². The maximum Gasteiger partial charge on any atom is 0.461 e.